The molecule has 2 heterocycles. The molecule has 1 atom stereocenters. The van der Waals surface area contributed by atoms with Crippen LogP contribution in [-0.2, 0) is 21.4 Å². The van der Waals surface area contributed by atoms with E-state index in [1.807, 2.05) is 81.4 Å². The molecular weight excluding hydrogens is 484 g/mol. The lowest BCUT2D eigenvalue weighted by Gasteiger charge is -2.24. The van der Waals surface area contributed by atoms with E-state index in [1.165, 1.54) is 11.8 Å². The van der Waals surface area contributed by atoms with Crippen LogP contribution in [0.1, 0.15) is 36.2 Å². The summed E-state index contributed by atoms with van der Waals surface area (Å²) in [5.74, 6) is -0.193. The highest BCUT2D eigenvalue weighted by atomic mass is 16.5. The maximum atomic E-state index is 12.4. The second kappa shape index (κ2) is 11.2. The number of nitrogens with zero attached hydrogens (tertiary/aromatic N) is 4. The van der Waals surface area contributed by atoms with Gasteiger partial charge in [0.15, 0.2) is 11.9 Å². The number of rotatable bonds is 8. The Balaban J connectivity index is 1.41. The first-order chi connectivity index (χ1) is 18.2. The summed E-state index contributed by atoms with van der Waals surface area (Å²) in [6, 6.07) is 18.6. The molecule has 1 unspecified atom stereocenters. The van der Waals surface area contributed by atoms with Gasteiger partial charge in [-0.2, -0.15) is 10.2 Å². The number of aromatic nitrogens is 4. The van der Waals surface area contributed by atoms with Gasteiger partial charge in [-0.15, -0.1) is 5.10 Å². The summed E-state index contributed by atoms with van der Waals surface area (Å²) in [6.07, 6.45) is 2.07. The van der Waals surface area contributed by atoms with E-state index in [2.05, 4.69) is 30.7 Å². The van der Waals surface area contributed by atoms with Crippen molar-refractivity contribution < 1.29 is 19.4 Å². The Morgan fingerprint density at radius 3 is 2.42 bits per heavy atom. The minimum Gasteiger partial charge on any atom is -0.467 e. The lowest BCUT2D eigenvalue weighted by Crippen LogP contribution is -2.23. The summed E-state index contributed by atoms with van der Waals surface area (Å²) < 4.78 is 6.08. The number of anilines is 2. The van der Waals surface area contributed by atoms with Gasteiger partial charge in [-0.25, -0.2) is 14.3 Å². The largest absolute Gasteiger partial charge is 0.467 e. The average Bonchev–Trinajstić information content (AvgIpc) is 3.38. The van der Waals surface area contributed by atoms with Crippen molar-refractivity contribution in [2.75, 3.05) is 17.7 Å². The normalized spacial score (nSPS) is 12.0. The predicted molar refractivity (Wildman–Crippen MR) is 143 cm³/mol. The Kier molecular flexibility index (Phi) is 7.82. The Morgan fingerprint density at radius 1 is 1.03 bits per heavy atom. The molecule has 0 saturated heterocycles. The van der Waals surface area contributed by atoms with Crippen LogP contribution in [-0.4, -0.2) is 50.3 Å². The van der Waals surface area contributed by atoms with Gasteiger partial charge in [0.05, 0.1) is 19.0 Å². The molecule has 3 N–H and O–H groups in total. The Bertz CT molecular complexity index is 1410. The number of hydrogen-bond acceptors (Lipinski definition) is 7. The van der Waals surface area contributed by atoms with E-state index in [4.69, 9.17) is 0 Å². The average molecular weight is 515 g/mol. The van der Waals surface area contributed by atoms with E-state index < -0.39 is 17.5 Å². The van der Waals surface area contributed by atoms with Gasteiger partial charge in [-0.1, -0.05) is 44.2 Å². The molecule has 0 fully saturated rings. The summed E-state index contributed by atoms with van der Waals surface area (Å²) in [6.45, 7) is 6.03. The van der Waals surface area contributed by atoms with E-state index in [0.717, 1.165) is 22.5 Å². The number of carbonyl (C=O) groups is 2. The van der Waals surface area contributed by atoms with Gasteiger partial charge in [0, 0.05) is 29.4 Å². The van der Waals surface area contributed by atoms with Crippen LogP contribution in [0.4, 0.5) is 16.2 Å². The molecule has 2 amide bonds. The first-order valence-corrected chi connectivity index (χ1v) is 12.1. The number of hydrogen-bond donors (Lipinski definition) is 3. The predicted octanol–water partition coefficient (Wildman–Crippen LogP) is 4.02. The van der Waals surface area contributed by atoms with E-state index in [9.17, 15) is 14.7 Å². The number of carbonyl (C=O) groups excluding carboxylic acids is 2. The quantitative estimate of drug-likeness (QED) is 0.303. The van der Waals surface area contributed by atoms with Crippen LogP contribution in [0.3, 0.4) is 0 Å². The molecule has 10 nitrogen and oxygen atoms in total. The summed E-state index contributed by atoms with van der Waals surface area (Å²) in [4.78, 5) is 23.8. The summed E-state index contributed by atoms with van der Waals surface area (Å²) in [5, 5.41) is 28.6. The SMILES string of the molecule is COC(=O)C(O)Cc1cnn(-c2ccc(C(C)(C)c3ccc(NC(=O)Nc4ccccc4C)cc3)nn2)c1. The zero-order chi connectivity index (χ0) is 27.3. The minimum atomic E-state index is -1.25. The molecule has 196 valence electrons. The molecule has 0 aliphatic heterocycles. The number of urea groups is 1. The number of aliphatic hydroxyl groups is 1. The van der Waals surface area contributed by atoms with Crippen LogP contribution in [0.5, 0.6) is 0 Å². The van der Waals surface area contributed by atoms with Gasteiger partial charge in [0.25, 0.3) is 0 Å². The zero-order valence-electron chi connectivity index (χ0n) is 21.7. The molecule has 0 radical (unpaired) electrons. The van der Waals surface area contributed by atoms with E-state index in [-0.39, 0.29) is 12.5 Å². The number of ether oxygens (including phenoxy) is 1. The second-order valence-corrected chi connectivity index (χ2v) is 9.41. The van der Waals surface area contributed by atoms with Crippen LogP contribution in [0.25, 0.3) is 5.82 Å². The van der Waals surface area contributed by atoms with Crippen molar-refractivity contribution in [3.05, 3.63) is 95.4 Å². The molecular formula is C28H30N6O4. The summed E-state index contributed by atoms with van der Waals surface area (Å²) in [7, 11) is 1.23. The Morgan fingerprint density at radius 2 is 1.76 bits per heavy atom. The van der Waals surface area contributed by atoms with Crippen molar-refractivity contribution in [3.63, 3.8) is 0 Å². The third-order valence-corrected chi connectivity index (χ3v) is 6.32. The third-order valence-electron chi connectivity index (χ3n) is 6.32. The van der Waals surface area contributed by atoms with E-state index >= 15 is 0 Å². The number of methoxy groups -OCH3 is 1. The highest BCUT2D eigenvalue weighted by Crippen LogP contribution is 2.31. The van der Waals surface area contributed by atoms with Gasteiger partial charge in [-0.05, 0) is 53.9 Å². The van der Waals surface area contributed by atoms with Crippen LogP contribution in [0, 0.1) is 6.92 Å². The molecule has 10 heteroatoms. The number of amides is 2. The van der Waals surface area contributed by atoms with Gasteiger partial charge in [0.2, 0.25) is 0 Å². The minimum absolute atomic E-state index is 0.0869. The maximum absolute atomic E-state index is 12.4. The number of benzene rings is 2. The molecule has 4 aromatic rings. The molecule has 0 bridgehead atoms. The highest BCUT2D eigenvalue weighted by Gasteiger charge is 2.25. The Labute approximate surface area is 220 Å². The van der Waals surface area contributed by atoms with E-state index in [1.54, 1.807) is 12.4 Å². The van der Waals surface area contributed by atoms with Crippen LogP contribution in [0.15, 0.2) is 73.1 Å². The van der Waals surface area contributed by atoms with Crippen LogP contribution in [0.2, 0.25) is 0 Å². The number of esters is 1. The first-order valence-electron chi connectivity index (χ1n) is 12.1. The van der Waals surface area contributed by atoms with Gasteiger partial charge in [-0.3, -0.25) is 0 Å². The number of nitrogens with one attached hydrogen (secondary N) is 2. The van der Waals surface area contributed by atoms with Crippen LogP contribution < -0.4 is 10.6 Å². The fraction of sp³-hybridized carbons (Fsp3) is 0.250. The molecule has 0 spiro atoms. The van der Waals surface area contributed by atoms with Gasteiger partial charge >= 0.3 is 12.0 Å². The second-order valence-electron chi connectivity index (χ2n) is 9.41. The molecule has 4 rings (SSSR count). The lowest BCUT2D eigenvalue weighted by molar-refractivity contribution is -0.150. The maximum Gasteiger partial charge on any atom is 0.335 e. The van der Waals surface area contributed by atoms with Crippen LogP contribution >= 0.6 is 0 Å². The number of aryl methyl sites for hydroxylation is 1. The fourth-order valence-corrected chi connectivity index (χ4v) is 3.93. The lowest BCUT2D eigenvalue weighted by atomic mass is 9.81. The monoisotopic (exact) mass is 514 g/mol. The topological polar surface area (TPSA) is 131 Å². The zero-order valence-corrected chi connectivity index (χ0v) is 21.7. The molecule has 0 saturated carbocycles. The van der Waals surface area contributed by atoms with E-state index in [0.29, 0.717) is 17.1 Å². The van der Waals surface area contributed by atoms with Crippen molar-refractivity contribution in [3.8, 4) is 5.82 Å². The molecule has 0 aliphatic carbocycles. The Hall–Kier alpha value is -4.57. The van der Waals surface area contributed by atoms with Gasteiger partial charge in [0.1, 0.15) is 0 Å². The van der Waals surface area contributed by atoms with Crippen molar-refractivity contribution in [2.45, 2.75) is 38.7 Å². The molecule has 2 aromatic heterocycles. The first kappa shape index (κ1) is 26.5. The van der Waals surface area contributed by atoms with Crippen molar-refractivity contribution >= 4 is 23.4 Å². The number of aliphatic hydroxyl groups excluding tert-OH is 1. The highest BCUT2D eigenvalue weighted by molar-refractivity contribution is 6.00. The third kappa shape index (κ3) is 6.04. The molecule has 2 aromatic carbocycles. The molecule has 38 heavy (non-hydrogen) atoms. The summed E-state index contributed by atoms with van der Waals surface area (Å²) >= 11 is 0. The van der Waals surface area contributed by atoms with Gasteiger partial charge < -0.3 is 20.5 Å². The molecule has 0 aliphatic rings. The number of para-hydroxylation sites is 1. The summed E-state index contributed by atoms with van der Waals surface area (Å²) in [5.41, 5.74) is 4.38. The van der Waals surface area contributed by atoms with Crippen molar-refractivity contribution in [1.82, 2.24) is 20.0 Å². The standard InChI is InChI=1S/C28H30N6O4/c1-18-7-5-6-8-22(18)31-27(37)30-21-11-9-20(10-12-21)28(2,3)24-13-14-25(33-32-24)34-17-19(16-29-34)15-23(35)26(36)38-4/h5-14,16-17,23,35H,15H2,1-4H3,(H2,30,31,37). The smallest absolute Gasteiger partial charge is 0.335 e. The fourth-order valence-electron chi connectivity index (χ4n) is 3.93. The van der Waals surface area contributed by atoms with Crippen molar-refractivity contribution in [1.29, 1.82) is 0 Å². The van der Waals surface area contributed by atoms with Crippen molar-refractivity contribution in [2.24, 2.45) is 0 Å².